The van der Waals surface area contributed by atoms with Gasteiger partial charge in [0.2, 0.25) is 0 Å². The summed E-state index contributed by atoms with van der Waals surface area (Å²) in [5.74, 6) is 2.63. The summed E-state index contributed by atoms with van der Waals surface area (Å²) in [6, 6.07) is 4.05. The molecule has 0 atom stereocenters. The Labute approximate surface area is 98.1 Å². The van der Waals surface area contributed by atoms with Crippen LogP contribution in [0.15, 0.2) is 17.5 Å². The van der Waals surface area contributed by atoms with Crippen LogP contribution in [0.1, 0.15) is 18.7 Å². The first-order chi connectivity index (χ1) is 7.92. The molecule has 0 radical (unpaired) electrons. The van der Waals surface area contributed by atoms with Gasteiger partial charge in [-0.05, 0) is 36.8 Å². The lowest BCUT2D eigenvalue weighted by atomic mass is 10.4. The third-order valence-electron chi connectivity index (χ3n) is 2.70. The maximum atomic E-state index is 4.45. The Balaban J connectivity index is 1.59. The van der Waals surface area contributed by atoms with E-state index in [0.717, 1.165) is 35.5 Å². The standard InChI is InChI=1S/C11H14N4S/c1-2-9(16-5-1)11-13-10(14-15-11)7-12-6-8-3-4-8/h1-2,5,8,12H,3-4,6-7H2,(H,13,14,15). The molecule has 1 fully saturated rings. The highest BCUT2D eigenvalue weighted by molar-refractivity contribution is 7.13. The SMILES string of the molecule is c1csc(-c2n[nH]c(CNCC3CC3)n2)c1. The zero-order valence-electron chi connectivity index (χ0n) is 8.94. The van der Waals surface area contributed by atoms with Crippen LogP contribution in [0.5, 0.6) is 0 Å². The van der Waals surface area contributed by atoms with Crippen LogP contribution in [-0.2, 0) is 6.54 Å². The Bertz CT molecular complexity index is 444. The van der Waals surface area contributed by atoms with E-state index in [4.69, 9.17) is 0 Å². The minimum atomic E-state index is 0.787. The van der Waals surface area contributed by atoms with E-state index in [0.29, 0.717) is 0 Å². The van der Waals surface area contributed by atoms with Gasteiger partial charge in [0.05, 0.1) is 11.4 Å². The van der Waals surface area contributed by atoms with Crippen molar-refractivity contribution in [1.29, 1.82) is 0 Å². The van der Waals surface area contributed by atoms with E-state index < -0.39 is 0 Å². The molecule has 5 heteroatoms. The summed E-state index contributed by atoms with van der Waals surface area (Å²) < 4.78 is 0. The molecule has 1 aliphatic rings. The van der Waals surface area contributed by atoms with Gasteiger partial charge in [-0.15, -0.1) is 11.3 Å². The van der Waals surface area contributed by atoms with E-state index in [1.54, 1.807) is 11.3 Å². The Kier molecular flexibility index (Phi) is 2.71. The minimum Gasteiger partial charge on any atom is -0.310 e. The molecule has 2 aromatic rings. The number of hydrogen-bond acceptors (Lipinski definition) is 4. The van der Waals surface area contributed by atoms with Crippen LogP contribution >= 0.6 is 11.3 Å². The molecule has 0 aliphatic heterocycles. The van der Waals surface area contributed by atoms with Crippen LogP contribution in [-0.4, -0.2) is 21.7 Å². The summed E-state index contributed by atoms with van der Waals surface area (Å²) >= 11 is 1.66. The molecule has 2 N–H and O–H groups in total. The van der Waals surface area contributed by atoms with Crippen molar-refractivity contribution in [2.45, 2.75) is 19.4 Å². The first kappa shape index (κ1) is 9.99. The van der Waals surface area contributed by atoms with Gasteiger partial charge in [-0.2, -0.15) is 5.10 Å². The topological polar surface area (TPSA) is 53.6 Å². The Morgan fingerprint density at radius 3 is 3.19 bits per heavy atom. The van der Waals surface area contributed by atoms with E-state index in [1.807, 2.05) is 17.5 Å². The van der Waals surface area contributed by atoms with Crippen LogP contribution in [0.2, 0.25) is 0 Å². The maximum Gasteiger partial charge on any atom is 0.191 e. The molecule has 16 heavy (non-hydrogen) atoms. The van der Waals surface area contributed by atoms with Crippen LogP contribution < -0.4 is 5.32 Å². The van der Waals surface area contributed by atoms with Crippen molar-refractivity contribution in [3.05, 3.63) is 23.3 Å². The summed E-state index contributed by atoms with van der Waals surface area (Å²) in [6.07, 6.45) is 2.76. The normalized spacial score (nSPS) is 15.5. The van der Waals surface area contributed by atoms with Crippen molar-refractivity contribution in [3.63, 3.8) is 0 Å². The summed E-state index contributed by atoms with van der Waals surface area (Å²) in [7, 11) is 0. The number of nitrogens with one attached hydrogen (secondary N) is 2. The summed E-state index contributed by atoms with van der Waals surface area (Å²) in [6.45, 7) is 1.89. The fourth-order valence-corrected chi connectivity index (χ4v) is 2.26. The molecule has 2 heterocycles. The molecule has 4 nitrogen and oxygen atoms in total. The molecule has 3 rings (SSSR count). The monoisotopic (exact) mass is 234 g/mol. The van der Waals surface area contributed by atoms with Crippen molar-refractivity contribution < 1.29 is 0 Å². The van der Waals surface area contributed by atoms with Crippen molar-refractivity contribution in [2.75, 3.05) is 6.54 Å². The molecule has 0 spiro atoms. The molecular weight excluding hydrogens is 220 g/mol. The largest absolute Gasteiger partial charge is 0.310 e. The second kappa shape index (κ2) is 4.35. The number of H-pyrrole nitrogens is 1. The third kappa shape index (κ3) is 2.31. The quantitative estimate of drug-likeness (QED) is 0.832. The van der Waals surface area contributed by atoms with Gasteiger partial charge in [0.15, 0.2) is 5.82 Å². The maximum absolute atomic E-state index is 4.45. The third-order valence-corrected chi connectivity index (χ3v) is 3.56. The van der Waals surface area contributed by atoms with Gasteiger partial charge in [0, 0.05) is 0 Å². The highest BCUT2D eigenvalue weighted by atomic mass is 32.1. The first-order valence-electron chi connectivity index (χ1n) is 5.58. The average molecular weight is 234 g/mol. The lowest BCUT2D eigenvalue weighted by Gasteiger charge is -1.98. The predicted octanol–water partition coefficient (Wildman–Crippen LogP) is 2.03. The highest BCUT2D eigenvalue weighted by Crippen LogP contribution is 2.27. The number of nitrogens with zero attached hydrogens (tertiary/aromatic N) is 2. The smallest absolute Gasteiger partial charge is 0.191 e. The molecule has 2 aromatic heterocycles. The van der Waals surface area contributed by atoms with E-state index in [2.05, 4.69) is 20.5 Å². The van der Waals surface area contributed by atoms with Crippen LogP contribution in [0.25, 0.3) is 10.7 Å². The predicted molar refractivity (Wildman–Crippen MR) is 64.1 cm³/mol. The molecule has 0 unspecified atom stereocenters. The molecule has 1 aliphatic carbocycles. The number of rotatable bonds is 5. The van der Waals surface area contributed by atoms with Gasteiger partial charge in [0.1, 0.15) is 5.82 Å². The highest BCUT2D eigenvalue weighted by Gasteiger charge is 2.20. The second-order valence-corrected chi connectivity index (χ2v) is 5.10. The second-order valence-electron chi connectivity index (χ2n) is 4.16. The lowest BCUT2D eigenvalue weighted by molar-refractivity contribution is 0.620. The van der Waals surface area contributed by atoms with Crippen molar-refractivity contribution in [1.82, 2.24) is 20.5 Å². The molecule has 0 saturated heterocycles. The zero-order valence-corrected chi connectivity index (χ0v) is 9.76. The fraction of sp³-hybridized carbons (Fsp3) is 0.455. The zero-order chi connectivity index (χ0) is 10.8. The van der Waals surface area contributed by atoms with Gasteiger partial charge in [-0.3, -0.25) is 5.10 Å². The molecule has 84 valence electrons. The molecule has 0 amide bonds. The molecule has 1 saturated carbocycles. The molecular formula is C11H14N4S. The average Bonchev–Trinajstić information content (AvgIpc) is 2.83. The van der Waals surface area contributed by atoms with Crippen molar-refractivity contribution in [2.24, 2.45) is 5.92 Å². The van der Waals surface area contributed by atoms with Crippen molar-refractivity contribution >= 4 is 11.3 Å². The van der Waals surface area contributed by atoms with Crippen LogP contribution in [0, 0.1) is 5.92 Å². The van der Waals surface area contributed by atoms with Gasteiger partial charge in [0.25, 0.3) is 0 Å². The molecule has 0 bridgehead atoms. The number of aromatic amines is 1. The Morgan fingerprint density at radius 1 is 1.50 bits per heavy atom. The van der Waals surface area contributed by atoms with E-state index in [9.17, 15) is 0 Å². The van der Waals surface area contributed by atoms with E-state index >= 15 is 0 Å². The van der Waals surface area contributed by atoms with Gasteiger partial charge < -0.3 is 5.32 Å². The first-order valence-corrected chi connectivity index (χ1v) is 6.45. The number of thiophene rings is 1. The van der Waals surface area contributed by atoms with Crippen LogP contribution in [0.3, 0.4) is 0 Å². The lowest BCUT2D eigenvalue weighted by Crippen LogP contribution is -2.16. The Hall–Kier alpha value is -1.20. The fourth-order valence-electron chi connectivity index (χ4n) is 1.61. The van der Waals surface area contributed by atoms with E-state index in [1.165, 1.54) is 12.8 Å². The summed E-state index contributed by atoms with van der Waals surface area (Å²) in [4.78, 5) is 5.57. The summed E-state index contributed by atoms with van der Waals surface area (Å²) in [5, 5.41) is 12.6. The van der Waals surface area contributed by atoms with Crippen LogP contribution in [0.4, 0.5) is 0 Å². The minimum absolute atomic E-state index is 0.787. The van der Waals surface area contributed by atoms with Crippen molar-refractivity contribution in [3.8, 4) is 10.7 Å². The van der Waals surface area contributed by atoms with E-state index in [-0.39, 0.29) is 0 Å². The summed E-state index contributed by atoms with van der Waals surface area (Å²) in [5.41, 5.74) is 0. The number of hydrogen-bond donors (Lipinski definition) is 2. The van der Waals surface area contributed by atoms with Gasteiger partial charge in [-0.25, -0.2) is 4.98 Å². The van der Waals surface area contributed by atoms with Gasteiger partial charge >= 0.3 is 0 Å². The molecule has 0 aromatic carbocycles. The Morgan fingerprint density at radius 2 is 2.44 bits per heavy atom. The number of aromatic nitrogens is 3. The van der Waals surface area contributed by atoms with Gasteiger partial charge in [-0.1, -0.05) is 6.07 Å².